The molecule has 5 rings (SSSR count). The van der Waals surface area contributed by atoms with E-state index in [1.54, 1.807) is 0 Å². The number of hydrogen-bond donors (Lipinski definition) is 0. The first-order chi connectivity index (χ1) is 17.5. The van der Waals surface area contributed by atoms with Crippen LogP contribution in [0.1, 0.15) is 30.9 Å². The second kappa shape index (κ2) is 12.5. The topological polar surface area (TPSA) is 22.8 Å². The van der Waals surface area contributed by atoms with Gasteiger partial charge in [-0.15, -0.1) is 0 Å². The number of aryl methyl sites for hydroxylation is 1. The summed E-state index contributed by atoms with van der Waals surface area (Å²) >= 11 is -2.29. The van der Waals surface area contributed by atoms with Crippen molar-refractivity contribution in [1.29, 1.82) is 0 Å². The van der Waals surface area contributed by atoms with Crippen LogP contribution in [-0.2, 0) is 13.5 Å². The number of aromatic nitrogens is 3. The summed E-state index contributed by atoms with van der Waals surface area (Å²) in [4.78, 5) is 0. The predicted molar refractivity (Wildman–Crippen MR) is 149 cm³/mol. The minimum absolute atomic E-state index is 0.653. The van der Waals surface area contributed by atoms with Crippen LogP contribution in [0, 0.1) is 10.9 Å². The van der Waals surface area contributed by atoms with Crippen molar-refractivity contribution in [3.8, 4) is 22.8 Å². The number of hydrogen-bond acceptors (Lipinski definition) is 1. The molecule has 0 amide bonds. The molecule has 1 aromatic heterocycles. The van der Waals surface area contributed by atoms with Crippen molar-refractivity contribution in [2.75, 3.05) is 0 Å². The maximum atomic E-state index is 6.54. The summed E-state index contributed by atoms with van der Waals surface area (Å²) in [6, 6.07) is 38.8. The van der Waals surface area contributed by atoms with Crippen LogP contribution < -0.4 is 0 Å². The van der Waals surface area contributed by atoms with Crippen molar-refractivity contribution in [3.63, 3.8) is 0 Å². The molecule has 0 saturated carbocycles. The van der Waals surface area contributed by atoms with Crippen molar-refractivity contribution in [2.24, 2.45) is 0 Å². The van der Waals surface area contributed by atoms with Crippen LogP contribution in [0.3, 0.4) is 0 Å². The summed E-state index contributed by atoms with van der Waals surface area (Å²) in [7, 11) is 13.1. The molecule has 3 nitrogen and oxygen atoms in total. The van der Waals surface area contributed by atoms with Crippen molar-refractivity contribution in [2.45, 2.75) is 26.7 Å². The fraction of sp³-hybridized carbons (Fsp3) is 0.133. The van der Waals surface area contributed by atoms with Gasteiger partial charge in [-0.1, -0.05) is 43.7 Å². The molecule has 0 fully saturated rings. The Kier molecular flexibility index (Phi) is 9.10. The maximum absolute atomic E-state index is 6.54. The molecule has 0 N–H and O–H groups in total. The summed E-state index contributed by atoms with van der Waals surface area (Å²) in [5.41, 5.74) is 5.70. The molecule has 186 valence electrons. The third-order valence-corrected chi connectivity index (χ3v) is 8.42. The Morgan fingerprint density at radius 3 is 1.67 bits per heavy atom. The van der Waals surface area contributed by atoms with Crippen LogP contribution in [0.5, 0.6) is 0 Å². The Labute approximate surface area is 226 Å². The second-order valence-electron chi connectivity index (χ2n) is 8.62. The molecule has 0 unspecified atom stereocenters. The van der Waals surface area contributed by atoms with E-state index in [0.717, 1.165) is 26.8 Å². The average molecular weight is 604 g/mol. The van der Waals surface area contributed by atoms with Crippen LogP contribution in [0.15, 0.2) is 115 Å². The van der Waals surface area contributed by atoms with E-state index in [2.05, 4.69) is 49.6 Å². The van der Waals surface area contributed by atoms with Gasteiger partial charge in [0.05, 0.1) is 0 Å². The fourth-order valence-electron chi connectivity index (χ4n) is 3.73. The van der Waals surface area contributed by atoms with Crippen LogP contribution in [0.2, 0.25) is 0 Å². The van der Waals surface area contributed by atoms with Gasteiger partial charge >= 0.3 is 165 Å². The van der Waals surface area contributed by atoms with Gasteiger partial charge in [0.1, 0.15) is 0 Å². The van der Waals surface area contributed by atoms with E-state index < -0.39 is 13.5 Å². The molecule has 0 aliphatic carbocycles. The number of benzene rings is 4. The van der Waals surface area contributed by atoms with Gasteiger partial charge in [-0.25, -0.2) is 0 Å². The van der Waals surface area contributed by atoms with E-state index >= 15 is 0 Å². The zero-order valence-corrected chi connectivity index (χ0v) is 23.7. The Hall–Kier alpha value is -2.78. The van der Waals surface area contributed by atoms with Gasteiger partial charge < -0.3 is 0 Å². The third-order valence-electron chi connectivity index (χ3n) is 5.67. The first-order valence-electron chi connectivity index (χ1n) is 11.7. The molecule has 0 spiro atoms. The van der Waals surface area contributed by atoms with E-state index in [1.165, 1.54) is 11.1 Å². The normalized spacial score (nSPS) is 11.1. The Morgan fingerprint density at radius 1 is 0.667 bits per heavy atom. The van der Waals surface area contributed by atoms with Crippen molar-refractivity contribution < 1.29 is 13.5 Å². The number of rotatable bonds is 4. The zero-order chi connectivity index (χ0) is 25.5. The number of nitrogens with zero attached hydrogens (tertiary/aromatic N) is 3. The van der Waals surface area contributed by atoms with Gasteiger partial charge in [-0.3, -0.25) is 0 Å². The predicted octanol–water partition coefficient (Wildman–Crippen LogP) is 8.91. The second-order valence-corrected chi connectivity index (χ2v) is 14.3. The van der Waals surface area contributed by atoms with E-state index in [4.69, 9.17) is 24.5 Å². The summed E-state index contributed by atoms with van der Waals surface area (Å²) in [5, 5.41) is 4.89. The monoisotopic (exact) mass is 603 g/mol. The van der Waals surface area contributed by atoms with Gasteiger partial charge in [-0.05, 0) is 18.4 Å². The van der Waals surface area contributed by atoms with Crippen molar-refractivity contribution in [3.05, 3.63) is 130 Å². The van der Waals surface area contributed by atoms with E-state index in [-0.39, 0.29) is 0 Å². The quantitative estimate of drug-likeness (QED) is 0.188. The SMILES string of the molecule is Cc1ccc(C(C)C)cc1.[Cl][Ru]([Cl])=[c]1n(-c2ccccc2)nc(-c2ccccc2)n1-c1ccccc1. The van der Waals surface area contributed by atoms with Gasteiger partial charge in [-0.2, -0.15) is 0 Å². The minimum atomic E-state index is -2.29. The molecule has 0 radical (unpaired) electrons. The van der Waals surface area contributed by atoms with Crippen LogP contribution in [-0.4, -0.2) is 14.3 Å². The Balaban J connectivity index is 0.000000256. The molecule has 1 heterocycles. The fourth-order valence-corrected chi connectivity index (χ4v) is 6.40. The van der Waals surface area contributed by atoms with Crippen molar-refractivity contribution >= 4 is 19.4 Å². The van der Waals surface area contributed by atoms with Crippen LogP contribution >= 0.6 is 19.4 Å². The van der Waals surface area contributed by atoms with Gasteiger partial charge in [0.15, 0.2) is 0 Å². The molecule has 0 aliphatic rings. The molecule has 6 heteroatoms. The zero-order valence-electron chi connectivity index (χ0n) is 20.5. The molecule has 0 atom stereocenters. The molecule has 5 aromatic rings. The van der Waals surface area contributed by atoms with E-state index in [1.807, 2.05) is 95.7 Å². The van der Waals surface area contributed by atoms with Gasteiger partial charge in [0, 0.05) is 0 Å². The van der Waals surface area contributed by atoms with Crippen molar-refractivity contribution in [1.82, 2.24) is 14.3 Å². The standard InChI is InChI=1S/C20H15N3.C10H14.2ClH.Ru/c1-4-10-17(11-5-1)20-21-23(19-14-8-3-9-15-19)16-22(20)18-12-6-2-7-13-18;1-8(2)10-6-4-9(3)5-7-10;;;/h1-15H;4-8H,1-3H3;2*1H;/q;;;;+2/p-2. The summed E-state index contributed by atoms with van der Waals surface area (Å²) in [6.45, 7) is 6.54. The molecule has 36 heavy (non-hydrogen) atoms. The molecule has 4 aromatic carbocycles. The first-order valence-corrected chi connectivity index (χ1v) is 17.1. The average Bonchev–Trinajstić information content (AvgIpc) is 3.32. The third kappa shape index (κ3) is 6.31. The molecular formula is C30H29Cl2N3Ru. The summed E-state index contributed by atoms with van der Waals surface area (Å²) < 4.78 is 4.77. The molecular weight excluding hydrogens is 574 g/mol. The molecule has 0 bridgehead atoms. The Bertz CT molecular complexity index is 1450. The molecule has 0 aliphatic heterocycles. The van der Waals surface area contributed by atoms with Gasteiger partial charge in [0.2, 0.25) is 0 Å². The van der Waals surface area contributed by atoms with Gasteiger partial charge in [0.25, 0.3) is 0 Å². The van der Waals surface area contributed by atoms with Crippen LogP contribution in [0.4, 0.5) is 0 Å². The number of para-hydroxylation sites is 2. The number of halogens is 2. The summed E-state index contributed by atoms with van der Waals surface area (Å²) in [6.07, 6.45) is 0. The molecule has 0 saturated heterocycles. The van der Waals surface area contributed by atoms with E-state index in [0.29, 0.717) is 5.92 Å². The summed E-state index contributed by atoms with van der Waals surface area (Å²) in [5.74, 6) is 1.47. The van der Waals surface area contributed by atoms with E-state index in [9.17, 15) is 0 Å². The first kappa shape index (κ1) is 26.3. The van der Waals surface area contributed by atoms with Crippen LogP contribution in [0.25, 0.3) is 22.8 Å². The Morgan fingerprint density at radius 2 is 1.17 bits per heavy atom.